The second-order valence-electron chi connectivity index (χ2n) is 3.42. The fraction of sp³-hybridized carbons (Fsp3) is 0.273. The molecule has 17 heavy (non-hydrogen) atoms. The van der Waals surface area contributed by atoms with Gasteiger partial charge in [0.2, 0.25) is 5.85 Å². The molecule has 0 aromatic heterocycles. The van der Waals surface area contributed by atoms with Crippen LogP contribution in [0.3, 0.4) is 0 Å². The van der Waals surface area contributed by atoms with E-state index in [2.05, 4.69) is 0 Å². The summed E-state index contributed by atoms with van der Waals surface area (Å²) < 4.78 is 27.6. The monoisotopic (exact) mass is 274 g/mol. The van der Waals surface area contributed by atoms with Crippen LogP contribution in [0.25, 0.3) is 5.03 Å². The number of hydrogen-bond acceptors (Lipinski definition) is 4. The molecule has 0 fully saturated rings. The highest BCUT2D eigenvalue weighted by Gasteiger charge is 2.37. The molecule has 4 nitrogen and oxygen atoms in total. The minimum Gasteiger partial charge on any atom is -0.473 e. The first-order chi connectivity index (χ1) is 8.10. The van der Waals surface area contributed by atoms with E-state index < -0.39 is 13.4 Å². The summed E-state index contributed by atoms with van der Waals surface area (Å²) in [5.41, 5.74) is 0.768. The third kappa shape index (κ3) is 2.26. The van der Waals surface area contributed by atoms with Crippen molar-refractivity contribution in [2.75, 3.05) is 14.2 Å². The molecule has 6 heteroatoms. The topological polar surface area (TPSA) is 44.8 Å². The summed E-state index contributed by atoms with van der Waals surface area (Å²) in [5, 5.41) is 0.478. The van der Waals surface area contributed by atoms with Crippen molar-refractivity contribution in [1.29, 1.82) is 0 Å². The van der Waals surface area contributed by atoms with Gasteiger partial charge < -0.3 is 13.8 Å². The summed E-state index contributed by atoms with van der Waals surface area (Å²) in [6.07, 6.45) is 1.54. The van der Waals surface area contributed by atoms with Crippen LogP contribution in [0, 0.1) is 0 Å². The molecule has 0 unspecified atom stereocenters. The van der Waals surface area contributed by atoms with E-state index in [1.54, 1.807) is 6.07 Å². The average Bonchev–Trinajstić information content (AvgIpc) is 2.38. The normalized spacial score (nSPS) is 19.2. The standard InChI is InChI=1S/C11H12ClO4P/c1-14-17(13,15-2)11-7-9(12)8-5-3-4-6-10(8)16-11/h3-7,11H,1-2H3/t11-/m1/s1. The Kier molecular flexibility index (Phi) is 3.59. The quantitative estimate of drug-likeness (QED) is 0.792. The smallest absolute Gasteiger partial charge is 0.374 e. The highest BCUT2D eigenvalue weighted by atomic mass is 35.5. The van der Waals surface area contributed by atoms with Crippen LogP contribution in [0.5, 0.6) is 5.75 Å². The van der Waals surface area contributed by atoms with E-state index in [-0.39, 0.29) is 0 Å². The summed E-state index contributed by atoms with van der Waals surface area (Å²) in [7, 11) is -0.702. The van der Waals surface area contributed by atoms with Gasteiger partial charge in [0, 0.05) is 19.8 Å². The van der Waals surface area contributed by atoms with Crippen LogP contribution in [0.2, 0.25) is 0 Å². The van der Waals surface area contributed by atoms with Gasteiger partial charge in [-0.1, -0.05) is 23.7 Å². The fourth-order valence-corrected chi connectivity index (χ4v) is 3.08. The molecule has 0 spiro atoms. The van der Waals surface area contributed by atoms with Crippen LogP contribution in [-0.2, 0) is 13.6 Å². The van der Waals surface area contributed by atoms with Crippen molar-refractivity contribution in [2.45, 2.75) is 5.85 Å². The van der Waals surface area contributed by atoms with Crippen LogP contribution in [0.15, 0.2) is 30.3 Å². The van der Waals surface area contributed by atoms with Crippen molar-refractivity contribution < 1.29 is 18.3 Å². The van der Waals surface area contributed by atoms with Crippen LogP contribution in [0.4, 0.5) is 0 Å². The Hall–Kier alpha value is -0.800. The van der Waals surface area contributed by atoms with Crippen molar-refractivity contribution in [1.82, 2.24) is 0 Å². The van der Waals surface area contributed by atoms with E-state index in [4.69, 9.17) is 25.4 Å². The first-order valence-electron chi connectivity index (χ1n) is 4.95. The lowest BCUT2D eigenvalue weighted by Crippen LogP contribution is -2.20. The minimum atomic E-state index is -3.33. The Morgan fingerprint density at radius 3 is 2.59 bits per heavy atom. The number of benzene rings is 1. The van der Waals surface area contributed by atoms with E-state index in [0.29, 0.717) is 10.8 Å². The van der Waals surface area contributed by atoms with Gasteiger partial charge in [-0.2, -0.15) is 0 Å². The molecule has 1 atom stereocenters. The summed E-state index contributed by atoms with van der Waals surface area (Å²) in [6, 6.07) is 7.25. The van der Waals surface area contributed by atoms with Gasteiger partial charge in [0.25, 0.3) is 0 Å². The first kappa shape index (κ1) is 12.7. The molecular formula is C11H12ClO4P. The second kappa shape index (κ2) is 4.83. The van der Waals surface area contributed by atoms with Crippen molar-refractivity contribution in [3.8, 4) is 5.75 Å². The molecule has 2 rings (SSSR count). The molecule has 92 valence electrons. The zero-order chi connectivity index (χ0) is 12.5. The van der Waals surface area contributed by atoms with Crippen molar-refractivity contribution >= 4 is 24.2 Å². The molecule has 0 aliphatic carbocycles. The van der Waals surface area contributed by atoms with Gasteiger partial charge in [0.15, 0.2) is 0 Å². The molecule has 0 saturated heterocycles. The van der Waals surface area contributed by atoms with E-state index in [1.165, 1.54) is 20.3 Å². The van der Waals surface area contributed by atoms with Gasteiger partial charge in [0.05, 0.1) is 5.03 Å². The molecule has 0 bridgehead atoms. The molecule has 1 aliphatic rings. The third-order valence-corrected chi connectivity index (χ3v) is 4.73. The van der Waals surface area contributed by atoms with Gasteiger partial charge in [-0.15, -0.1) is 0 Å². The highest BCUT2D eigenvalue weighted by Crippen LogP contribution is 2.55. The fourth-order valence-electron chi connectivity index (χ4n) is 1.58. The van der Waals surface area contributed by atoms with E-state index in [0.717, 1.165) is 5.56 Å². The van der Waals surface area contributed by atoms with E-state index >= 15 is 0 Å². The molecular weight excluding hydrogens is 263 g/mol. The Bertz CT molecular complexity index is 492. The Labute approximate surface area is 105 Å². The zero-order valence-corrected chi connectivity index (χ0v) is 11.1. The molecule has 1 aromatic rings. The number of hydrogen-bond donors (Lipinski definition) is 0. The summed E-state index contributed by atoms with van der Waals surface area (Å²) in [6.45, 7) is 0. The lowest BCUT2D eigenvalue weighted by atomic mass is 10.1. The van der Waals surface area contributed by atoms with E-state index in [1.807, 2.05) is 18.2 Å². The Morgan fingerprint density at radius 1 is 1.29 bits per heavy atom. The second-order valence-corrected chi connectivity index (χ2v) is 6.15. The highest BCUT2D eigenvalue weighted by molar-refractivity contribution is 7.54. The van der Waals surface area contributed by atoms with Gasteiger partial charge in [-0.05, 0) is 18.2 Å². The predicted molar refractivity (Wildman–Crippen MR) is 66.3 cm³/mol. The lowest BCUT2D eigenvalue weighted by Gasteiger charge is -2.27. The van der Waals surface area contributed by atoms with Crippen molar-refractivity contribution in [2.24, 2.45) is 0 Å². The van der Waals surface area contributed by atoms with Crippen molar-refractivity contribution in [3.63, 3.8) is 0 Å². The van der Waals surface area contributed by atoms with Gasteiger partial charge >= 0.3 is 7.60 Å². The van der Waals surface area contributed by atoms with Crippen LogP contribution in [-0.4, -0.2) is 20.1 Å². The molecule has 1 heterocycles. The summed E-state index contributed by atoms with van der Waals surface area (Å²) in [5.74, 6) is -0.251. The maximum Gasteiger partial charge on any atom is 0.374 e. The van der Waals surface area contributed by atoms with Crippen LogP contribution in [0.1, 0.15) is 5.56 Å². The average molecular weight is 275 g/mol. The number of ether oxygens (including phenoxy) is 1. The number of rotatable bonds is 3. The van der Waals surface area contributed by atoms with Gasteiger partial charge in [-0.3, -0.25) is 4.57 Å². The van der Waals surface area contributed by atoms with Crippen LogP contribution < -0.4 is 4.74 Å². The zero-order valence-electron chi connectivity index (χ0n) is 9.42. The summed E-state index contributed by atoms with van der Waals surface area (Å²) in [4.78, 5) is 0. The Morgan fingerprint density at radius 2 is 1.94 bits per heavy atom. The largest absolute Gasteiger partial charge is 0.473 e. The Balaban J connectivity index is 2.40. The molecule has 0 N–H and O–H groups in total. The predicted octanol–water partition coefficient (Wildman–Crippen LogP) is 3.47. The van der Waals surface area contributed by atoms with Crippen molar-refractivity contribution in [3.05, 3.63) is 35.9 Å². The number of halogens is 1. The first-order valence-corrected chi connectivity index (χ1v) is 6.94. The number of fused-ring (bicyclic) bond motifs is 1. The lowest BCUT2D eigenvalue weighted by molar-refractivity contribution is 0.211. The SMILES string of the molecule is COP(=O)(OC)[C@@H]1C=C(Cl)c2ccccc2O1. The van der Waals surface area contributed by atoms with Gasteiger partial charge in [-0.25, -0.2) is 0 Å². The maximum atomic E-state index is 12.2. The minimum absolute atomic E-state index is 0.478. The summed E-state index contributed by atoms with van der Waals surface area (Å²) >= 11 is 6.11. The molecule has 0 saturated carbocycles. The van der Waals surface area contributed by atoms with E-state index in [9.17, 15) is 4.57 Å². The number of para-hydroxylation sites is 1. The molecule has 0 radical (unpaired) electrons. The molecule has 0 amide bonds. The molecule has 1 aliphatic heterocycles. The van der Waals surface area contributed by atoms with Gasteiger partial charge in [0.1, 0.15) is 5.75 Å². The maximum absolute atomic E-state index is 12.2. The molecule has 1 aromatic carbocycles. The third-order valence-electron chi connectivity index (χ3n) is 2.50. The van der Waals surface area contributed by atoms with Crippen LogP contribution >= 0.6 is 19.2 Å².